The molecule has 0 rings (SSSR count). The molecule has 0 saturated carbocycles. The number of hydrogen-bond donors (Lipinski definition) is 0. The Morgan fingerprint density at radius 1 is 0.833 bits per heavy atom. The summed E-state index contributed by atoms with van der Waals surface area (Å²) in [6, 6.07) is 0. The van der Waals surface area contributed by atoms with Crippen molar-refractivity contribution in [3.05, 3.63) is 0 Å². The van der Waals surface area contributed by atoms with Crippen molar-refractivity contribution in [3.63, 3.8) is 0 Å². The van der Waals surface area contributed by atoms with E-state index in [4.69, 9.17) is 0 Å². The van der Waals surface area contributed by atoms with Crippen molar-refractivity contribution in [3.8, 4) is 0 Å². The maximum absolute atomic E-state index is 1.51. The van der Waals surface area contributed by atoms with Crippen molar-refractivity contribution in [2.45, 2.75) is 0 Å². The second kappa shape index (κ2) is 14.4. The third kappa shape index (κ3) is 13.4. The molecule has 0 N–H and O–H groups in total. The summed E-state index contributed by atoms with van der Waals surface area (Å²) in [6.45, 7) is 0. The third-order valence-corrected chi connectivity index (χ3v) is 2110. The average molecular weight is 824 g/mol. The maximum atomic E-state index is 1.51. The van der Waals surface area contributed by atoms with Crippen LogP contribution in [-0.4, -0.2) is 111 Å². The van der Waals surface area contributed by atoms with Crippen LogP contribution in [0.2, 0.25) is 0 Å². The summed E-state index contributed by atoms with van der Waals surface area (Å²) in [4.78, 5) is 0. The van der Waals surface area contributed by atoms with Gasteiger partial charge in [-0.2, -0.15) is 0 Å². The number of hydrogen-bond acceptors (Lipinski definition) is 0. The van der Waals surface area contributed by atoms with Gasteiger partial charge >= 0.3 is 111 Å². The van der Waals surface area contributed by atoms with E-state index in [0.29, 0.717) is 49.7 Å². The Balaban J connectivity index is 2.34. The van der Waals surface area contributed by atoms with Gasteiger partial charge in [0.25, 0.3) is 0 Å². The molecule has 0 amide bonds. The van der Waals surface area contributed by atoms with Gasteiger partial charge in [-0.1, -0.05) is 0 Å². The van der Waals surface area contributed by atoms with Gasteiger partial charge in [-0.15, -0.1) is 0 Å². The van der Waals surface area contributed by atoms with Crippen molar-refractivity contribution in [2.24, 2.45) is 0 Å². The van der Waals surface area contributed by atoms with Crippen LogP contribution >= 0.6 is 0 Å². The molecular weight excluding hydrogens is 824 g/mol. The Labute approximate surface area is 98.5 Å². The van der Waals surface area contributed by atoms with Crippen molar-refractivity contribution >= 4 is 111 Å². The Bertz CT molecular complexity index is 12.0. The molecule has 6 heavy (non-hydrogen) atoms. The van der Waals surface area contributed by atoms with Crippen LogP contribution in [0, 0.1) is 0 Å². The topological polar surface area (TPSA) is 0 Å². The van der Waals surface area contributed by atoms with Crippen molar-refractivity contribution in [1.82, 2.24) is 0 Å². The predicted molar refractivity (Wildman–Crippen MR) is 34.5 cm³/mol. The summed E-state index contributed by atoms with van der Waals surface area (Å²) >= 11 is 4.89. The van der Waals surface area contributed by atoms with Crippen LogP contribution in [0.1, 0.15) is 0 Å². The first-order valence-electron chi connectivity index (χ1n) is 2.50. The molecule has 0 saturated heterocycles. The molecule has 0 aromatic carbocycles. The van der Waals surface area contributed by atoms with Gasteiger partial charge in [0.05, 0.1) is 0 Å². The Morgan fingerprint density at radius 3 is 1.33 bits per heavy atom. The van der Waals surface area contributed by atoms with E-state index in [-0.39, 0.29) is 0 Å². The molecule has 2 radical (unpaired) electrons. The van der Waals surface area contributed by atoms with Gasteiger partial charge < -0.3 is 0 Å². The second-order valence-electron chi connectivity index (χ2n) is 1.41. The van der Waals surface area contributed by atoms with Crippen molar-refractivity contribution in [2.75, 3.05) is 0 Å². The Hall–Kier alpha value is 9.43. The summed E-state index contributed by atoms with van der Waals surface area (Å²) in [6.07, 6.45) is 0. The minimum absolute atomic E-state index is 0.434. The second-order valence-corrected chi connectivity index (χ2v) is 546. The molecule has 0 nitrogen and oxygen atoms in total. The third-order valence-electron chi connectivity index (χ3n) is 0.750. The van der Waals surface area contributed by atoms with Crippen LogP contribution in [0.15, 0.2) is 0 Å². The van der Waals surface area contributed by atoms with Crippen LogP contribution < -0.4 is 0 Å². The van der Waals surface area contributed by atoms with E-state index in [1.807, 2.05) is 0 Å². The minimum atomic E-state index is 0.434. The van der Waals surface area contributed by atoms with Gasteiger partial charge in [-0.3, -0.25) is 0 Å². The van der Waals surface area contributed by atoms with E-state index in [1.165, 1.54) is 61.3 Å². The summed E-state index contributed by atoms with van der Waals surface area (Å²) in [7, 11) is 0. The van der Waals surface area contributed by atoms with Gasteiger partial charge in [-0.25, -0.2) is 0 Å². The zero-order valence-corrected chi connectivity index (χ0v) is 30.9. The molecule has 0 aliphatic carbocycles. The summed E-state index contributed by atoms with van der Waals surface area (Å²) in [5.74, 6) is 0. The monoisotopic (exact) mass is 827 g/mol. The molecule has 0 unspecified atom stereocenters. The fourth-order valence-electron chi connectivity index (χ4n) is 0.354. The van der Waals surface area contributed by atoms with Crippen LogP contribution in [-0.2, 0) is 0 Å². The molecule has 0 bridgehead atoms. The Kier molecular flexibility index (Phi) is 37.1. The Morgan fingerprint density at radius 2 is 1.17 bits per heavy atom. The quantitative estimate of drug-likeness (QED) is 0.223. The van der Waals surface area contributed by atoms with Crippen LogP contribution in [0.25, 0.3) is 0 Å². The van der Waals surface area contributed by atoms with Crippen molar-refractivity contribution in [1.29, 1.82) is 0 Å². The van der Waals surface area contributed by atoms with Crippen LogP contribution in [0.3, 0.4) is 0 Å². The van der Waals surface area contributed by atoms with Gasteiger partial charge in [0, 0.05) is 0 Å². The molecule has 0 aliphatic heterocycles. The zero-order valence-electron chi connectivity index (χ0n) is 4.24. The van der Waals surface area contributed by atoms with E-state index in [0.717, 1.165) is 0 Å². The van der Waals surface area contributed by atoms with Gasteiger partial charge in [0.2, 0.25) is 0 Å². The first-order valence-corrected chi connectivity index (χ1v) is 133. The fraction of sp³-hybridized carbons (Fsp3) is 0. The zero-order chi connectivity index (χ0) is 4.83. The van der Waals surface area contributed by atoms with Crippen LogP contribution in [0.5, 0.6) is 0 Å². The van der Waals surface area contributed by atoms with E-state index in [2.05, 4.69) is 0 Å². The molecule has 0 aromatic rings. The van der Waals surface area contributed by atoms with Gasteiger partial charge in [-0.05, 0) is 0 Å². The first kappa shape index (κ1) is 15.4. The fourth-order valence-corrected chi connectivity index (χ4v) is 7230. The molecule has 0 heterocycles. The van der Waals surface area contributed by atoms with Crippen LogP contribution in [0.4, 0.5) is 0 Å². The van der Waals surface area contributed by atoms with Gasteiger partial charge in [0.15, 0.2) is 0 Å². The van der Waals surface area contributed by atoms with E-state index in [9.17, 15) is 0 Å². The van der Waals surface area contributed by atoms with Crippen molar-refractivity contribution < 1.29 is 0 Å². The first-order chi connectivity index (χ1) is 2.91. The van der Waals surface area contributed by atoms with E-state index < -0.39 is 0 Å². The molecule has 0 aliphatic rings. The average Bonchev–Trinajstić information content (AvgIpc) is 1.61. The molecule has 0 aromatic heterocycles. The van der Waals surface area contributed by atoms with E-state index >= 15 is 0 Å². The molecular formula is Ba6. The molecule has 0 atom stereocenters. The summed E-state index contributed by atoms with van der Waals surface area (Å²) < 4.78 is 0. The molecule has 0 spiro atoms. The van der Waals surface area contributed by atoms with Gasteiger partial charge in [0.1, 0.15) is 0 Å². The predicted octanol–water partition coefficient (Wildman–Crippen LogP) is -2.28. The molecule has 6 heteroatoms. The summed E-state index contributed by atoms with van der Waals surface area (Å²) in [5, 5.41) is 0. The standard InChI is InChI=1S/6Ba. The SMILES string of the molecule is [Ba][Ba][Ba][Ba][Ba][Ba]. The normalized spacial score (nSPS) is 3.00. The molecule has 12 valence electrons. The van der Waals surface area contributed by atoms with E-state index in [1.54, 1.807) is 0 Å². The summed E-state index contributed by atoms with van der Waals surface area (Å²) in [5.41, 5.74) is 0. The number of rotatable bonds is 3. The molecule has 0 fully saturated rings.